The number of piperidine rings is 1. The topological polar surface area (TPSA) is 48.1 Å². The van der Waals surface area contributed by atoms with E-state index in [0.29, 0.717) is 6.04 Å². The molecule has 3 rings (SSSR count). The van der Waals surface area contributed by atoms with E-state index in [1.54, 1.807) is 7.11 Å². The van der Waals surface area contributed by atoms with Gasteiger partial charge in [-0.25, -0.2) is 4.98 Å². The van der Waals surface area contributed by atoms with Gasteiger partial charge in [0.25, 0.3) is 0 Å². The van der Waals surface area contributed by atoms with Crippen molar-refractivity contribution < 1.29 is 4.74 Å². The summed E-state index contributed by atoms with van der Waals surface area (Å²) >= 11 is 0. The molecule has 6 nitrogen and oxygen atoms in total. The summed E-state index contributed by atoms with van der Waals surface area (Å²) in [4.78, 5) is 6.94. The Hall–Kier alpha value is -1.66. The molecule has 0 spiro atoms. The van der Waals surface area contributed by atoms with Gasteiger partial charge in [-0.1, -0.05) is 6.42 Å². The standard InChI is InChI=1S/C17H27N5O/c1-23-12-11-21-15-18-13-17(21)14-20-8-3-2-5-16(20)6-10-22-9-4-7-19-22/h4,7,9,13,15-16H,2-3,5-6,8,10-12,14H2,1H3/t16-/m0/s1. The van der Waals surface area contributed by atoms with Crippen molar-refractivity contribution in [1.82, 2.24) is 24.2 Å². The van der Waals surface area contributed by atoms with Crippen LogP contribution < -0.4 is 0 Å². The second-order valence-corrected chi connectivity index (χ2v) is 6.25. The molecular formula is C17H27N5O. The number of nitrogens with zero attached hydrogens (tertiary/aromatic N) is 5. The minimum absolute atomic E-state index is 0.638. The fourth-order valence-corrected chi connectivity index (χ4v) is 3.39. The first-order chi connectivity index (χ1) is 11.4. The van der Waals surface area contributed by atoms with E-state index in [-0.39, 0.29) is 0 Å². The largest absolute Gasteiger partial charge is 0.383 e. The molecule has 0 bridgehead atoms. The molecule has 2 aromatic heterocycles. The molecule has 1 fully saturated rings. The van der Waals surface area contributed by atoms with Crippen LogP contribution in [0.5, 0.6) is 0 Å². The number of methoxy groups -OCH3 is 1. The molecule has 0 amide bonds. The highest BCUT2D eigenvalue weighted by atomic mass is 16.5. The molecule has 1 atom stereocenters. The summed E-state index contributed by atoms with van der Waals surface area (Å²) in [5.41, 5.74) is 1.29. The lowest BCUT2D eigenvalue weighted by atomic mass is 9.99. The summed E-state index contributed by atoms with van der Waals surface area (Å²) in [6.45, 7) is 4.76. The molecular weight excluding hydrogens is 290 g/mol. The van der Waals surface area contributed by atoms with E-state index in [1.165, 1.54) is 31.5 Å². The summed E-state index contributed by atoms with van der Waals surface area (Å²) in [6.07, 6.45) is 12.9. The molecule has 1 aliphatic heterocycles. The van der Waals surface area contributed by atoms with Gasteiger partial charge in [0.1, 0.15) is 0 Å². The van der Waals surface area contributed by atoms with Gasteiger partial charge in [-0.05, 0) is 31.9 Å². The van der Waals surface area contributed by atoms with Crippen molar-refractivity contribution in [3.8, 4) is 0 Å². The van der Waals surface area contributed by atoms with Crippen molar-refractivity contribution in [2.45, 2.75) is 51.4 Å². The number of hydrogen-bond acceptors (Lipinski definition) is 4. The number of aromatic nitrogens is 4. The summed E-state index contributed by atoms with van der Waals surface area (Å²) in [6, 6.07) is 2.63. The molecule has 0 N–H and O–H groups in total. The Morgan fingerprint density at radius 2 is 2.26 bits per heavy atom. The van der Waals surface area contributed by atoms with E-state index in [0.717, 1.165) is 32.7 Å². The van der Waals surface area contributed by atoms with Crippen LogP contribution in [0.4, 0.5) is 0 Å². The summed E-state index contributed by atoms with van der Waals surface area (Å²) in [5.74, 6) is 0. The van der Waals surface area contributed by atoms with Crippen molar-refractivity contribution >= 4 is 0 Å². The Morgan fingerprint density at radius 3 is 3.09 bits per heavy atom. The SMILES string of the molecule is COCCn1cncc1CN1CCCC[C@H]1CCn1cccn1. The van der Waals surface area contributed by atoms with Crippen molar-refractivity contribution in [2.75, 3.05) is 20.3 Å². The highest BCUT2D eigenvalue weighted by molar-refractivity contribution is 4.99. The van der Waals surface area contributed by atoms with E-state index in [9.17, 15) is 0 Å². The average Bonchev–Trinajstić information content (AvgIpc) is 3.24. The van der Waals surface area contributed by atoms with Gasteiger partial charge in [0, 0.05) is 51.4 Å². The first-order valence-corrected chi connectivity index (χ1v) is 8.56. The smallest absolute Gasteiger partial charge is 0.0949 e. The van der Waals surface area contributed by atoms with Crippen LogP contribution in [0.25, 0.3) is 0 Å². The Bertz CT molecular complexity index is 565. The van der Waals surface area contributed by atoms with E-state index >= 15 is 0 Å². The molecule has 0 aliphatic carbocycles. The van der Waals surface area contributed by atoms with Crippen LogP contribution in [0, 0.1) is 0 Å². The summed E-state index contributed by atoms with van der Waals surface area (Å²) < 4.78 is 9.44. The second-order valence-electron chi connectivity index (χ2n) is 6.25. The molecule has 0 saturated carbocycles. The fourth-order valence-electron chi connectivity index (χ4n) is 3.39. The van der Waals surface area contributed by atoms with E-state index in [4.69, 9.17) is 4.74 Å². The average molecular weight is 317 g/mol. The number of likely N-dealkylation sites (tertiary alicyclic amines) is 1. The minimum Gasteiger partial charge on any atom is -0.383 e. The monoisotopic (exact) mass is 317 g/mol. The van der Waals surface area contributed by atoms with E-state index in [2.05, 4.69) is 19.5 Å². The van der Waals surface area contributed by atoms with Crippen molar-refractivity contribution in [2.24, 2.45) is 0 Å². The van der Waals surface area contributed by atoms with Gasteiger partial charge < -0.3 is 9.30 Å². The van der Waals surface area contributed by atoms with Gasteiger partial charge >= 0.3 is 0 Å². The third-order valence-corrected chi connectivity index (χ3v) is 4.70. The molecule has 23 heavy (non-hydrogen) atoms. The van der Waals surface area contributed by atoms with Crippen LogP contribution in [0.2, 0.25) is 0 Å². The lowest BCUT2D eigenvalue weighted by molar-refractivity contribution is 0.122. The van der Waals surface area contributed by atoms with Gasteiger partial charge in [0.05, 0.1) is 18.6 Å². The third kappa shape index (κ3) is 4.42. The van der Waals surface area contributed by atoms with Crippen LogP contribution in [-0.2, 0) is 24.4 Å². The summed E-state index contributed by atoms with van der Waals surface area (Å²) in [5, 5.41) is 4.32. The molecule has 1 saturated heterocycles. The predicted molar refractivity (Wildman–Crippen MR) is 89.0 cm³/mol. The molecule has 2 aromatic rings. The van der Waals surface area contributed by atoms with Gasteiger partial charge in [0.2, 0.25) is 0 Å². The maximum Gasteiger partial charge on any atom is 0.0949 e. The number of imidazole rings is 1. The van der Waals surface area contributed by atoms with Gasteiger partial charge in [0.15, 0.2) is 0 Å². The Balaban J connectivity index is 1.59. The van der Waals surface area contributed by atoms with Crippen molar-refractivity contribution in [3.63, 3.8) is 0 Å². The zero-order valence-corrected chi connectivity index (χ0v) is 14.0. The van der Waals surface area contributed by atoms with Crippen molar-refractivity contribution in [1.29, 1.82) is 0 Å². The molecule has 1 aliphatic rings. The Kier molecular flexibility index (Phi) is 5.82. The first kappa shape index (κ1) is 16.2. The third-order valence-electron chi connectivity index (χ3n) is 4.70. The van der Waals surface area contributed by atoms with Crippen LogP contribution in [0.3, 0.4) is 0 Å². The number of rotatable bonds is 8. The maximum atomic E-state index is 5.19. The zero-order valence-electron chi connectivity index (χ0n) is 14.0. The molecule has 0 aromatic carbocycles. The van der Waals surface area contributed by atoms with E-state index in [1.807, 2.05) is 35.7 Å². The van der Waals surface area contributed by atoms with Crippen molar-refractivity contribution in [3.05, 3.63) is 36.7 Å². The van der Waals surface area contributed by atoms with Crippen LogP contribution in [-0.4, -0.2) is 50.5 Å². The normalized spacial score (nSPS) is 19.3. The van der Waals surface area contributed by atoms with Gasteiger partial charge in [-0.15, -0.1) is 0 Å². The molecule has 3 heterocycles. The quantitative estimate of drug-likeness (QED) is 0.749. The lowest BCUT2D eigenvalue weighted by Gasteiger charge is -2.35. The van der Waals surface area contributed by atoms with E-state index < -0.39 is 0 Å². The number of aryl methyl sites for hydroxylation is 1. The molecule has 126 valence electrons. The minimum atomic E-state index is 0.638. The number of ether oxygens (including phenoxy) is 1. The molecule has 0 unspecified atom stereocenters. The lowest BCUT2D eigenvalue weighted by Crippen LogP contribution is -2.40. The number of hydrogen-bond donors (Lipinski definition) is 0. The van der Waals surface area contributed by atoms with Crippen LogP contribution in [0.15, 0.2) is 31.0 Å². The predicted octanol–water partition coefficient (Wildman–Crippen LogP) is 2.17. The second kappa shape index (κ2) is 8.26. The van der Waals surface area contributed by atoms with Crippen LogP contribution >= 0.6 is 0 Å². The summed E-state index contributed by atoms with van der Waals surface area (Å²) in [7, 11) is 1.74. The zero-order chi connectivity index (χ0) is 15.9. The fraction of sp³-hybridized carbons (Fsp3) is 0.647. The van der Waals surface area contributed by atoms with Gasteiger partial charge in [-0.3, -0.25) is 9.58 Å². The molecule has 0 radical (unpaired) electrons. The Labute approximate surface area is 138 Å². The van der Waals surface area contributed by atoms with Crippen LogP contribution in [0.1, 0.15) is 31.4 Å². The van der Waals surface area contributed by atoms with Gasteiger partial charge in [-0.2, -0.15) is 5.10 Å². The molecule has 6 heteroatoms. The Morgan fingerprint density at radius 1 is 1.30 bits per heavy atom. The highest BCUT2D eigenvalue weighted by Crippen LogP contribution is 2.22. The maximum absolute atomic E-state index is 5.19. The first-order valence-electron chi connectivity index (χ1n) is 8.56. The highest BCUT2D eigenvalue weighted by Gasteiger charge is 2.23.